The normalized spacial score (nSPS) is 11.4. The van der Waals surface area contributed by atoms with E-state index in [9.17, 15) is 4.79 Å². The fraction of sp³-hybridized carbons (Fsp3) is 0.0833. The van der Waals surface area contributed by atoms with Crippen molar-refractivity contribution in [2.24, 2.45) is 7.05 Å². The molecular formula is C24H18FN3O. The van der Waals surface area contributed by atoms with Gasteiger partial charge >= 0.3 is 0 Å². The summed E-state index contributed by atoms with van der Waals surface area (Å²) in [5.41, 5.74) is 3.42. The molecule has 29 heavy (non-hydrogen) atoms. The summed E-state index contributed by atoms with van der Waals surface area (Å²) in [6.07, 6.45) is 5.37. The van der Waals surface area contributed by atoms with Crippen molar-refractivity contribution < 1.29 is 4.39 Å². The molecule has 3 aromatic carbocycles. The lowest BCUT2D eigenvalue weighted by Crippen LogP contribution is -2.21. The number of benzene rings is 3. The SMILES string of the molecule is Cn1cc2cccc(-c3ccc(Cn4c(=O)cnc5ccccc54)c(F)c3)c2c1. The second-order valence-electron chi connectivity index (χ2n) is 7.21. The van der Waals surface area contributed by atoms with Gasteiger partial charge in [0.2, 0.25) is 0 Å². The van der Waals surface area contributed by atoms with Crippen LogP contribution in [0, 0.1) is 5.82 Å². The van der Waals surface area contributed by atoms with Crippen LogP contribution in [0.4, 0.5) is 4.39 Å². The van der Waals surface area contributed by atoms with Gasteiger partial charge in [-0.3, -0.25) is 4.79 Å². The topological polar surface area (TPSA) is 39.8 Å². The summed E-state index contributed by atoms with van der Waals surface area (Å²) in [4.78, 5) is 16.5. The summed E-state index contributed by atoms with van der Waals surface area (Å²) in [5.74, 6) is -0.330. The van der Waals surface area contributed by atoms with Crippen LogP contribution in [-0.4, -0.2) is 14.1 Å². The Hall–Kier alpha value is -3.73. The van der Waals surface area contributed by atoms with Crippen molar-refractivity contribution in [1.29, 1.82) is 0 Å². The number of aromatic nitrogens is 3. The Morgan fingerprint density at radius 2 is 1.86 bits per heavy atom. The van der Waals surface area contributed by atoms with Crippen molar-refractivity contribution >= 4 is 21.8 Å². The zero-order valence-corrected chi connectivity index (χ0v) is 15.8. The molecule has 0 bridgehead atoms. The molecule has 0 aliphatic carbocycles. The van der Waals surface area contributed by atoms with E-state index in [1.54, 1.807) is 16.7 Å². The van der Waals surface area contributed by atoms with E-state index in [0.717, 1.165) is 21.9 Å². The summed E-state index contributed by atoms with van der Waals surface area (Å²) < 4.78 is 18.6. The molecule has 0 saturated carbocycles. The molecule has 5 aromatic rings. The summed E-state index contributed by atoms with van der Waals surface area (Å²) >= 11 is 0. The van der Waals surface area contributed by atoms with Crippen molar-refractivity contribution in [2.45, 2.75) is 6.54 Å². The smallest absolute Gasteiger partial charge is 0.269 e. The molecule has 0 fully saturated rings. The Morgan fingerprint density at radius 1 is 1.00 bits per heavy atom. The summed E-state index contributed by atoms with van der Waals surface area (Å²) in [5, 5.41) is 2.20. The fourth-order valence-electron chi connectivity index (χ4n) is 3.84. The van der Waals surface area contributed by atoms with Gasteiger partial charge in [0, 0.05) is 30.4 Å². The van der Waals surface area contributed by atoms with Crippen LogP contribution in [0.15, 0.2) is 84.0 Å². The number of rotatable bonds is 3. The minimum Gasteiger partial charge on any atom is -0.356 e. The Labute approximate surface area is 166 Å². The highest BCUT2D eigenvalue weighted by Crippen LogP contribution is 2.30. The fourth-order valence-corrected chi connectivity index (χ4v) is 3.84. The maximum Gasteiger partial charge on any atom is 0.269 e. The number of halogens is 1. The predicted octanol–water partition coefficient (Wildman–Crippen LogP) is 4.74. The van der Waals surface area contributed by atoms with Crippen LogP contribution in [0.1, 0.15) is 5.56 Å². The predicted molar refractivity (Wildman–Crippen MR) is 113 cm³/mol. The van der Waals surface area contributed by atoms with E-state index >= 15 is 4.39 Å². The lowest BCUT2D eigenvalue weighted by atomic mass is 9.99. The van der Waals surface area contributed by atoms with Gasteiger partial charge in [-0.15, -0.1) is 0 Å². The maximum atomic E-state index is 15.0. The molecule has 142 valence electrons. The number of para-hydroxylation sites is 2. The highest BCUT2D eigenvalue weighted by Gasteiger charge is 2.11. The molecule has 5 heteroatoms. The van der Waals surface area contributed by atoms with E-state index in [2.05, 4.69) is 4.98 Å². The second-order valence-corrected chi connectivity index (χ2v) is 7.21. The minimum absolute atomic E-state index is 0.156. The van der Waals surface area contributed by atoms with E-state index in [1.165, 1.54) is 6.20 Å². The lowest BCUT2D eigenvalue weighted by Gasteiger charge is -2.12. The Kier molecular flexibility index (Phi) is 4.02. The molecule has 0 radical (unpaired) electrons. The number of fused-ring (bicyclic) bond motifs is 2. The van der Waals surface area contributed by atoms with Crippen molar-refractivity contribution in [1.82, 2.24) is 14.1 Å². The molecule has 0 spiro atoms. The van der Waals surface area contributed by atoms with Crippen LogP contribution < -0.4 is 5.56 Å². The molecule has 2 aromatic heterocycles. The van der Waals surface area contributed by atoms with Crippen molar-refractivity contribution in [2.75, 3.05) is 0 Å². The van der Waals surface area contributed by atoms with E-state index in [-0.39, 0.29) is 17.9 Å². The lowest BCUT2D eigenvalue weighted by molar-refractivity contribution is 0.599. The molecule has 0 N–H and O–H groups in total. The minimum atomic E-state index is -0.330. The van der Waals surface area contributed by atoms with Crippen LogP contribution in [0.3, 0.4) is 0 Å². The van der Waals surface area contributed by atoms with Gasteiger partial charge in [0.1, 0.15) is 5.82 Å². The first-order valence-corrected chi connectivity index (χ1v) is 9.38. The average molecular weight is 383 g/mol. The van der Waals surface area contributed by atoms with E-state index < -0.39 is 0 Å². The zero-order valence-electron chi connectivity index (χ0n) is 15.8. The highest BCUT2D eigenvalue weighted by molar-refractivity contribution is 5.96. The molecule has 4 nitrogen and oxygen atoms in total. The molecular weight excluding hydrogens is 365 g/mol. The van der Waals surface area contributed by atoms with Crippen LogP contribution >= 0.6 is 0 Å². The molecule has 5 rings (SSSR count). The van der Waals surface area contributed by atoms with Gasteiger partial charge in [-0.05, 0) is 34.7 Å². The monoisotopic (exact) mass is 383 g/mol. The van der Waals surface area contributed by atoms with Crippen LogP contribution in [0.2, 0.25) is 0 Å². The molecule has 0 unspecified atom stereocenters. The molecule has 0 aliphatic rings. The van der Waals surface area contributed by atoms with Gasteiger partial charge in [0.25, 0.3) is 5.56 Å². The first-order chi connectivity index (χ1) is 14.1. The number of hydrogen-bond acceptors (Lipinski definition) is 2. The molecule has 0 amide bonds. The third-order valence-electron chi connectivity index (χ3n) is 5.26. The molecule has 2 heterocycles. The maximum absolute atomic E-state index is 15.0. The Balaban J connectivity index is 1.58. The Bertz CT molecular complexity index is 1430. The van der Waals surface area contributed by atoms with E-state index in [0.29, 0.717) is 16.6 Å². The van der Waals surface area contributed by atoms with Gasteiger partial charge in [-0.25, -0.2) is 9.37 Å². The van der Waals surface area contributed by atoms with Crippen LogP contribution in [-0.2, 0) is 13.6 Å². The zero-order chi connectivity index (χ0) is 20.0. The summed E-state index contributed by atoms with van der Waals surface area (Å²) in [7, 11) is 1.98. The first-order valence-electron chi connectivity index (χ1n) is 9.38. The third-order valence-corrected chi connectivity index (χ3v) is 5.26. The second kappa shape index (κ2) is 6.71. The largest absolute Gasteiger partial charge is 0.356 e. The first kappa shape index (κ1) is 17.4. The molecule has 0 saturated heterocycles. The number of nitrogens with zero attached hydrogens (tertiary/aromatic N) is 3. The van der Waals surface area contributed by atoms with Crippen molar-refractivity contribution in [3.63, 3.8) is 0 Å². The van der Waals surface area contributed by atoms with Gasteiger partial charge < -0.3 is 9.13 Å². The van der Waals surface area contributed by atoms with Gasteiger partial charge in [-0.2, -0.15) is 0 Å². The Morgan fingerprint density at radius 3 is 2.72 bits per heavy atom. The standard InChI is InChI=1S/C24H18FN3O/c1-27-13-17-5-4-6-19(20(17)15-27)16-9-10-18(21(25)11-16)14-28-23-8-3-2-7-22(23)26-12-24(28)29/h2-13,15H,14H2,1H3. The van der Waals surface area contributed by atoms with Gasteiger partial charge in [-0.1, -0.05) is 42.5 Å². The molecule has 0 aliphatic heterocycles. The quantitative estimate of drug-likeness (QED) is 0.451. The van der Waals surface area contributed by atoms with E-state index in [4.69, 9.17) is 0 Å². The average Bonchev–Trinajstić information content (AvgIpc) is 3.11. The van der Waals surface area contributed by atoms with Gasteiger partial charge in [0.15, 0.2) is 0 Å². The number of hydrogen-bond donors (Lipinski definition) is 0. The summed E-state index contributed by atoms with van der Waals surface area (Å²) in [6.45, 7) is 0.156. The van der Waals surface area contributed by atoms with Gasteiger partial charge in [0.05, 0.1) is 23.8 Å². The molecule has 0 atom stereocenters. The van der Waals surface area contributed by atoms with E-state index in [1.807, 2.05) is 72.5 Å². The van der Waals surface area contributed by atoms with Crippen molar-refractivity contribution in [3.8, 4) is 11.1 Å². The van der Waals surface area contributed by atoms with Crippen molar-refractivity contribution in [3.05, 3.63) is 101 Å². The van der Waals surface area contributed by atoms with Crippen LogP contribution in [0.25, 0.3) is 32.9 Å². The third kappa shape index (κ3) is 3.01. The number of aryl methyl sites for hydroxylation is 1. The summed E-state index contributed by atoms with van der Waals surface area (Å²) in [6, 6.07) is 18.6. The highest BCUT2D eigenvalue weighted by atomic mass is 19.1. The van der Waals surface area contributed by atoms with Crippen LogP contribution in [0.5, 0.6) is 0 Å².